The first-order valence-electron chi connectivity index (χ1n) is 13.5. The standard InChI is InChI=1S/C11H18O5.C8H14O5.C8H12O4/c1-8(12)4-5-10(13)14-6-9-7-15-11(2,3)16-9;1-6(10)2-3-8(12)13-5-7(11)4-9;1-8-3-2-7(9)10-4-6(12-8)5-11-8/h9H,4-7H2,1-3H3;7,9,11H,2-5H2,1H3;6H,2-5H2,1H3. The molecule has 0 aromatic heterocycles. The van der Waals surface area contributed by atoms with Gasteiger partial charge in [0.25, 0.3) is 0 Å². The van der Waals surface area contributed by atoms with Crippen LogP contribution in [0, 0.1) is 0 Å². The molecule has 3 aliphatic rings. The summed E-state index contributed by atoms with van der Waals surface area (Å²) in [6.45, 7) is 9.11. The molecule has 2 N–H and O–H groups in total. The van der Waals surface area contributed by atoms with Crippen LogP contribution in [0.2, 0.25) is 0 Å². The summed E-state index contributed by atoms with van der Waals surface area (Å²) < 4.78 is 36.2. The van der Waals surface area contributed by atoms with Crippen molar-refractivity contribution in [3.8, 4) is 0 Å². The third-order valence-corrected chi connectivity index (χ3v) is 5.71. The first kappa shape index (κ1) is 36.5. The Morgan fingerprint density at radius 2 is 1.51 bits per heavy atom. The van der Waals surface area contributed by atoms with Gasteiger partial charge >= 0.3 is 17.9 Å². The molecule has 0 spiro atoms. The van der Waals surface area contributed by atoms with Gasteiger partial charge in [-0.15, -0.1) is 0 Å². The van der Waals surface area contributed by atoms with Gasteiger partial charge in [-0.05, 0) is 34.6 Å². The van der Waals surface area contributed by atoms with Crippen LogP contribution in [0.5, 0.6) is 0 Å². The van der Waals surface area contributed by atoms with Gasteiger partial charge in [-0.1, -0.05) is 0 Å². The van der Waals surface area contributed by atoms with Crippen molar-refractivity contribution in [1.82, 2.24) is 0 Å². The van der Waals surface area contributed by atoms with Gasteiger partial charge in [-0.3, -0.25) is 14.4 Å². The number of carbonyl (C=O) groups excluding carboxylic acids is 5. The predicted octanol–water partition coefficient (Wildman–Crippen LogP) is 0.757. The summed E-state index contributed by atoms with van der Waals surface area (Å²) in [4.78, 5) is 54.0. The van der Waals surface area contributed by atoms with Gasteiger partial charge in [0, 0.05) is 19.3 Å². The van der Waals surface area contributed by atoms with Crippen molar-refractivity contribution in [2.75, 3.05) is 39.6 Å². The maximum absolute atomic E-state index is 11.2. The number of rotatable bonds is 11. The van der Waals surface area contributed by atoms with Gasteiger partial charge < -0.3 is 53.0 Å². The van der Waals surface area contributed by atoms with Crippen molar-refractivity contribution in [3.63, 3.8) is 0 Å². The highest BCUT2D eigenvalue weighted by molar-refractivity contribution is 5.81. The monoisotopic (exact) mass is 592 g/mol. The van der Waals surface area contributed by atoms with Crippen molar-refractivity contribution in [1.29, 1.82) is 0 Å². The van der Waals surface area contributed by atoms with E-state index in [1.165, 1.54) is 13.8 Å². The topological polar surface area (TPSA) is 190 Å². The summed E-state index contributed by atoms with van der Waals surface area (Å²) in [5, 5.41) is 17.2. The van der Waals surface area contributed by atoms with E-state index < -0.39 is 30.3 Å². The summed E-state index contributed by atoms with van der Waals surface area (Å²) in [5.74, 6) is -2.31. The molecule has 4 unspecified atom stereocenters. The highest BCUT2D eigenvalue weighted by Crippen LogP contribution is 2.29. The molecule has 0 aromatic rings. The Kier molecular flexibility index (Phi) is 16.2. The minimum absolute atomic E-state index is 0.0152. The lowest BCUT2D eigenvalue weighted by Crippen LogP contribution is -2.32. The number of aliphatic hydroxyl groups excluding tert-OH is 2. The molecule has 14 heteroatoms. The van der Waals surface area contributed by atoms with E-state index in [1.807, 2.05) is 20.8 Å². The maximum atomic E-state index is 11.2. The van der Waals surface area contributed by atoms with Crippen molar-refractivity contribution in [3.05, 3.63) is 0 Å². The molecular weight excluding hydrogens is 548 g/mol. The highest BCUT2D eigenvalue weighted by atomic mass is 16.8. The van der Waals surface area contributed by atoms with E-state index >= 15 is 0 Å². The van der Waals surface area contributed by atoms with Gasteiger partial charge in [-0.25, -0.2) is 0 Å². The molecule has 3 rings (SSSR count). The Bertz CT molecular complexity index is 872. The Morgan fingerprint density at radius 3 is 2.05 bits per heavy atom. The van der Waals surface area contributed by atoms with Crippen LogP contribution in [0.15, 0.2) is 0 Å². The molecule has 3 aliphatic heterocycles. The van der Waals surface area contributed by atoms with E-state index in [2.05, 4.69) is 4.74 Å². The lowest BCUT2D eigenvalue weighted by atomic mass is 10.1. The van der Waals surface area contributed by atoms with E-state index in [0.717, 1.165) is 0 Å². The lowest BCUT2D eigenvalue weighted by Gasteiger charge is -2.24. The zero-order valence-corrected chi connectivity index (χ0v) is 24.5. The quantitative estimate of drug-likeness (QED) is 0.252. The van der Waals surface area contributed by atoms with Crippen LogP contribution in [0.4, 0.5) is 0 Å². The van der Waals surface area contributed by atoms with Crippen molar-refractivity contribution in [2.45, 2.75) is 103 Å². The van der Waals surface area contributed by atoms with Crippen LogP contribution in [-0.4, -0.2) is 109 Å². The normalized spacial score (nSPS) is 25.1. The van der Waals surface area contributed by atoms with Crippen LogP contribution in [0.1, 0.15) is 73.1 Å². The highest BCUT2D eigenvalue weighted by Gasteiger charge is 2.39. The number of hydrogen-bond donors (Lipinski definition) is 2. The van der Waals surface area contributed by atoms with Crippen LogP contribution >= 0.6 is 0 Å². The van der Waals surface area contributed by atoms with E-state index in [1.54, 1.807) is 0 Å². The van der Waals surface area contributed by atoms with E-state index in [4.69, 9.17) is 38.6 Å². The molecule has 0 radical (unpaired) electrons. The zero-order chi connectivity index (χ0) is 31.1. The zero-order valence-electron chi connectivity index (χ0n) is 24.5. The van der Waals surface area contributed by atoms with Crippen molar-refractivity contribution < 1.29 is 67.3 Å². The second-order valence-corrected chi connectivity index (χ2v) is 10.4. The van der Waals surface area contributed by atoms with Gasteiger partial charge in [0.15, 0.2) is 11.6 Å². The average Bonchev–Trinajstić information content (AvgIpc) is 3.48. The molecule has 236 valence electrons. The Balaban J connectivity index is 0.000000311. The molecule has 0 aromatic carbocycles. The van der Waals surface area contributed by atoms with Gasteiger partial charge in [0.2, 0.25) is 0 Å². The molecule has 2 bridgehead atoms. The van der Waals surface area contributed by atoms with Gasteiger partial charge in [0.1, 0.15) is 49.7 Å². The van der Waals surface area contributed by atoms with E-state index in [9.17, 15) is 24.0 Å². The molecule has 41 heavy (non-hydrogen) atoms. The number of ketones is 2. The summed E-state index contributed by atoms with van der Waals surface area (Å²) in [5.41, 5.74) is 0. The third kappa shape index (κ3) is 17.2. The number of hydrogen-bond acceptors (Lipinski definition) is 14. The number of cyclic esters (lactones) is 1. The first-order chi connectivity index (χ1) is 19.1. The fourth-order valence-electron chi connectivity index (χ4n) is 3.46. The molecule has 3 fully saturated rings. The van der Waals surface area contributed by atoms with Crippen LogP contribution in [0.3, 0.4) is 0 Å². The first-order valence-corrected chi connectivity index (χ1v) is 13.5. The van der Waals surface area contributed by atoms with Crippen molar-refractivity contribution in [2.24, 2.45) is 0 Å². The number of Topliss-reactive ketones (excluding diaryl/α,β-unsaturated/α-hetero) is 2. The SMILES string of the molecule is CC(=O)CCC(=O)OCC(O)CO.CC(=O)CCC(=O)OCC1COC(C)(C)O1.CC12CCC(=O)OCC(CO1)O2. The lowest BCUT2D eigenvalue weighted by molar-refractivity contribution is -0.184. The fraction of sp³-hybridized carbons (Fsp3) is 0.815. The minimum atomic E-state index is -1.04. The smallest absolute Gasteiger partial charge is 0.306 e. The molecule has 14 nitrogen and oxygen atoms in total. The molecule has 4 atom stereocenters. The summed E-state index contributed by atoms with van der Waals surface area (Å²) in [6.07, 6.45) is 0.169. The second-order valence-electron chi connectivity index (χ2n) is 10.4. The summed E-state index contributed by atoms with van der Waals surface area (Å²) in [7, 11) is 0. The van der Waals surface area contributed by atoms with Gasteiger partial charge in [-0.2, -0.15) is 0 Å². The van der Waals surface area contributed by atoms with Crippen molar-refractivity contribution >= 4 is 29.5 Å². The minimum Gasteiger partial charge on any atom is -0.463 e. The molecule has 0 amide bonds. The van der Waals surface area contributed by atoms with Crippen LogP contribution in [0.25, 0.3) is 0 Å². The van der Waals surface area contributed by atoms with E-state index in [-0.39, 0.29) is 74.6 Å². The summed E-state index contributed by atoms with van der Waals surface area (Å²) in [6, 6.07) is 0. The number of aliphatic hydroxyl groups is 2. The number of esters is 3. The van der Waals surface area contributed by atoms with E-state index in [0.29, 0.717) is 32.7 Å². The summed E-state index contributed by atoms with van der Waals surface area (Å²) >= 11 is 0. The van der Waals surface area contributed by atoms with Gasteiger partial charge in [0.05, 0.1) is 39.1 Å². The predicted molar refractivity (Wildman–Crippen MR) is 139 cm³/mol. The van der Waals surface area contributed by atoms with Crippen LogP contribution in [-0.2, 0) is 57.1 Å². The molecule has 3 heterocycles. The third-order valence-electron chi connectivity index (χ3n) is 5.71. The Labute approximate surface area is 239 Å². The molecular formula is C27H44O14. The van der Waals surface area contributed by atoms with Crippen LogP contribution < -0.4 is 0 Å². The molecule has 3 saturated heterocycles. The maximum Gasteiger partial charge on any atom is 0.306 e. The number of fused-ring (bicyclic) bond motifs is 2. The molecule has 0 saturated carbocycles. The largest absolute Gasteiger partial charge is 0.463 e. The molecule has 0 aliphatic carbocycles. The Hall–Kier alpha value is -2.49. The fourth-order valence-corrected chi connectivity index (χ4v) is 3.46. The average molecular weight is 593 g/mol. The number of carbonyl (C=O) groups is 5. The second kappa shape index (κ2) is 18.1. The number of ether oxygens (including phenoxy) is 7. The Morgan fingerprint density at radius 1 is 0.902 bits per heavy atom.